The predicted octanol–water partition coefficient (Wildman–Crippen LogP) is 9.81. The van der Waals surface area contributed by atoms with Crippen LogP contribution in [0.25, 0.3) is 23.3 Å². The summed E-state index contributed by atoms with van der Waals surface area (Å²) in [5.41, 5.74) is 10.4. The summed E-state index contributed by atoms with van der Waals surface area (Å²) in [5.74, 6) is -1.81. The molecule has 0 spiro atoms. The standard InChI is InChI=1S/C13H9.2C9H7.C2H7Si.2ClH.Hf/c1-3-7-12-10(5-1)9-11-6-2-4-8-13(11)12;2*1-2-5-9-7-3-6-8(9)4-1;1-3-2;;;/h1-9H;2*1-7H;3H,1-2H3;2*1H;/q;;;;;;+2/p-2. The van der Waals surface area contributed by atoms with Crippen LogP contribution in [0.15, 0.2) is 109 Å². The van der Waals surface area contributed by atoms with Crippen LogP contribution in [0, 0.1) is 0 Å². The molecule has 3 aliphatic carbocycles. The Morgan fingerprint density at radius 3 is 1.35 bits per heavy atom. The molecule has 0 saturated carbocycles. The molecule has 37 heavy (non-hydrogen) atoms. The molecule has 0 bridgehead atoms. The summed E-state index contributed by atoms with van der Waals surface area (Å²) in [6, 6.07) is 35.4. The van der Waals surface area contributed by atoms with E-state index in [1.54, 1.807) is 0 Å². The first-order valence-corrected chi connectivity index (χ1v) is 37.5. The van der Waals surface area contributed by atoms with E-state index < -0.39 is 19.8 Å². The summed E-state index contributed by atoms with van der Waals surface area (Å²) in [4.78, 5) is 0. The van der Waals surface area contributed by atoms with Gasteiger partial charge in [0.1, 0.15) is 0 Å². The van der Waals surface area contributed by atoms with Crippen molar-refractivity contribution in [1.29, 1.82) is 0 Å². The van der Waals surface area contributed by atoms with Crippen molar-refractivity contribution in [3.05, 3.63) is 143 Å². The van der Waals surface area contributed by atoms with Crippen LogP contribution in [0.4, 0.5) is 0 Å². The number of hydrogen-bond donors (Lipinski definition) is 0. The zero-order valence-corrected chi connectivity index (χ0v) is 27.4. The van der Waals surface area contributed by atoms with Gasteiger partial charge in [-0.2, -0.15) is 0 Å². The van der Waals surface area contributed by atoms with Crippen LogP contribution in [0.5, 0.6) is 0 Å². The van der Waals surface area contributed by atoms with Crippen molar-refractivity contribution in [2.24, 2.45) is 0 Å². The van der Waals surface area contributed by atoms with Crippen molar-refractivity contribution in [3.63, 3.8) is 0 Å². The molecular formula is C33H30Cl2HfSi. The average Bonchev–Trinajstić information content (AvgIpc) is 3.63. The molecule has 7 rings (SSSR count). The van der Waals surface area contributed by atoms with E-state index in [1.165, 1.54) is 44.5 Å². The van der Waals surface area contributed by atoms with Crippen molar-refractivity contribution in [3.8, 4) is 11.1 Å². The van der Waals surface area contributed by atoms with Gasteiger partial charge in [0, 0.05) is 0 Å². The summed E-state index contributed by atoms with van der Waals surface area (Å²) in [6.45, 7) is 4.91. The van der Waals surface area contributed by atoms with E-state index in [2.05, 4.69) is 134 Å². The maximum absolute atomic E-state index is 9.05. The molecule has 2 atom stereocenters. The van der Waals surface area contributed by atoms with Crippen LogP contribution < -0.4 is 0 Å². The Morgan fingerprint density at radius 1 is 0.541 bits per heavy atom. The molecule has 3 aliphatic rings. The monoisotopic (exact) mass is 704 g/mol. The Morgan fingerprint density at radius 2 is 0.919 bits per heavy atom. The van der Waals surface area contributed by atoms with Gasteiger partial charge in [-0.05, 0) is 0 Å². The molecule has 0 N–H and O–H groups in total. The second-order valence-electron chi connectivity index (χ2n) is 11.6. The maximum atomic E-state index is 9.05. The molecule has 0 radical (unpaired) electrons. The van der Waals surface area contributed by atoms with E-state index in [0.29, 0.717) is 0 Å². The second-order valence-corrected chi connectivity index (χ2v) is 84.8. The van der Waals surface area contributed by atoms with E-state index in [4.69, 9.17) is 17.2 Å². The minimum absolute atomic E-state index is 0.000915. The molecule has 0 saturated heterocycles. The van der Waals surface area contributed by atoms with Crippen molar-refractivity contribution in [1.82, 2.24) is 0 Å². The van der Waals surface area contributed by atoms with Gasteiger partial charge in [0.25, 0.3) is 0 Å². The second kappa shape index (κ2) is 7.79. The van der Waals surface area contributed by atoms with Gasteiger partial charge in [-0.3, -0.25) is 0 Å². The Hall–Kier alpha value is -1.97. The molecular weight excluding hydrogens is 674 g/mol. The number of rotatable bonds is 4. The molecule has 0 aliphatic heterocycles. The molecule has 2 unspecified atom stereocenters. The molecule has 4 aromatic rings. The molecule has 0 amide bonds. The van der Waals surface area contributed by atoms with E-state index in [-0.39, 0.29) is 11.0 Å². The van der Waals surface area contributed by atoms with Crippen molar-refractivity contribution >= 4 is 35.3 Å². The predicted molar refractivity (Wildman–Crippen MR) is 161 cm³/mol. The number of halogens is 2. The third kappa shape index (κ3) is 2.78. The van der Waals surface area contributed by atoms with Crippen LogP contribution in [-0.4, -0.2) is 5.98 Å². The summed E-state index contributed by atoms with van der Waals surface area (Å²) in [7, 11) is 18.1. The van der Waals surface area contributed by atoms with Gasteiger partial charge in [0.15, 0.2) is 0 Å². The fourth-order valence-electron chi connectivity index (χ4n) is 8.28. The van der Waals surface area contributed by atoms with Gasteiger partial charge in [-0.25, -0.2) is 0 Å². The average molecular weight is 704 g/mol. The third-order valence-corrected chi connectivity index (χ3v) is 107. The first-order valence-electron chi connectivity index (χ1n) is 13.3. The minimum atomic E-state index is -5.84. The van der Waals surface area contributed by atoms with E-state index in [1.807, 2.05) is 0 Å². The van der Waals surface area contributed by atoms with Crippen molar-refractivity contribution in [2.45, 2.75) is 24.1 Å². The quantitative estimate of drug-likeness (QED) is 0.186. The Kier molecular flexibility index (Phi) is 5.07. The van der Waals surface area contributed by atoms with E-state index in [9.17, 15) is 0 Å². The first-order chi connectivity index (χ1) is 17.8. The molecule has 184 valence electrons. The van der Waals surface area contributed by atoms with Gasteiger partial charge in [0.05, 0.1) is 0 Å². The summed E-state index contributed by atoms with van der Waals surface area (Å²) < 4.78 is 0.0384. The molecule has 0 heterocycles. The fraction of sp³-hybridized carbons (Fsp3) is 0.152. The first kappa shape index (κ1) is 24.1. The third-order valence-electron chi connectivity index (χ3n) is 10.1. The van der Waals surface area contributed by atoms with Crippen LogP contribution in [0.3, 0.4) is 0 Å². The van der Waals surface area contributed by atoms with E-state index >= 15 is 0 Å². The van der Waals surface area contributed by atoms with Gasteiger partial charge in [-0.15, -0.1) is 0 Å². The SMILES string of the molecule is C[SiH](C)[Hf]([Cl])([Cl])([CH]1C=Cc2ccccc21)([CH]1C=Cc2ccccc21)[CH]1c2ccccc2-c2ccccc21. The van der Waals surface area contributed by atoms with Crippen LogP contribution in [0.1, 0.15) is 44.4 Å². The van der Waals surface area contributed by atoms with Crippen molar-refractivity contribution < 1.29 is 13.8 Å². The van der Waals surface area contributed by atoms with Crippen LogP contribution >= 0.6 is 17.2 Å². The zero-order valence-electron chi connectivity index (χ0n) is 21.1. The molecule has 4 heteroatoms. The van der Waals surface area contributed by atoms with Crippen LogP contribution in [-0.2, 0) is 13.8 Å². The Balaban J connectivity index is 1.68. The van der Waals surface area contributed by atoms with Gasteiger partial charge < -0.3 is 0 Å². The topological polar surface area (TPSA) is 0 Å². The molecule has 4 aromatic carbocycles. The Labute approximate surface area is 225 Å². The van der Waals surface area contributed by atoms with Crippen LogP contribution in [0.2, 0.25) is 13.1 Å². The summed E-state index contributed by atoms with van der Waals surface area (Å²) in [6.07, 6.45) is 9.37. The molecule has 0 nitrogen and oxygen atoms in total. The van der Waals surface area contributed by atoms with Gasteiger partial charge in [0.2, 0.25) is 0 Å². The zero-order chi connectivity index (χ0) is 25.5. The number of allylic oxidation sites excluding steroid dienone is 2. The number of fused-ring (bicyclic) bond motifs is 5. The fourth-order valence-corrected chi connectivity index (χ4v) is 73.8. The Bertz CT molecular complexity index is 1550. The normalized spacial score (nSPS) is 21.3. The number of hydrogen-bond acceptors (Lipinski definition) is 0. The number of benzene rings is 4. The van der Waals surface area contributed by atoms with E-state index in [0.717, 1.165) is 0 Å². The summed E-state index contributed by atoms with van der Waals surface area (Å²) in [5, 5.41) is 0. The van der Waals surface area contributed by atoms with Crippen molar-refractivity contribution in [2.75, 3.05) is 0 Å². The molecule has 0 fully saturated rings. The van der Waals surface area contributed by atoms with Gasteiger partial charge >= 0.3 is 227 Å². The summed E-state index contributed by atoms with van der Waals surface area (Å²) >= 11 is -5.84. The van der Waals surface area contributed by atoms with Gasteiger partial charge in [-0.1, -0.05) is 0 Å². The molecule has 0 aromatic heterocycles.